The fourth-order valence-electron chi connectivity index (χ4n) is 5.24. The van der Waals surface area contributed by atoms with Crippen molar-refractivity contribution in [1.82, 2.24) is 9.80 Å². The summed E-state index contributed by atoms with van der Waals surface area (Å²) in [7, 11) is 0. The Kier molecular flexibility index (Phi) is 8.27. The zero-order chi connectivity index (χ0) is 23.0. The Labute approximate surface area is 199 Å². The molecule has 0 unspecified atom stereocenters. The molecule has 1 amide bonds. The van der Waals surface area contributed by atoms with E-state index in [-0.39, 0.29) is 0 Å². The topological polar surface area (TPSA) is 47.0 Å². The Balaban J connectivity index is 1.12. The van der Waals surface area contributed by atoms with Gasteiger partial charge in [0.25, 0.3) is 0 Å². The van der Waals surface area contributed by atoms with E-state index in [1.165, 1.54) is 24.1 Å². The van der Waals surface area contributed by atoms with Gasteiger partial charge in [0.15, 0.2) is 0 Å². The number of nitrogens with zero attached hydrogens (tertiary/aromatic N) is 3. The van der Waals surface area contributed by atoms with Crippen LogP contribution in [-0.4, -0.2) is 66.1 Å². The number of piperidine rings is 1. The number of rotatable bonds is 8. The summed E-state index contributed by atoms with van der Waals surface area (Å²) in [6.45, 7) is 8.15. The molecule has 0 spiro atoms. The predicted octanol–water partition coefficient (Wildman–Crippen LogP) is 4.55. The molecule has 0 aromatic heterocycles. The van der Waals surface area contributed by atoms with Gasteiger partial charge in [-0.2, -0.15) is 0 Å². The third-order valence-corrected chi connectivity index (χ3v) is 7.58. The highest BCUT2D eigenvalue weighted by Crippen LogP contribution is 2.25. The first-order valence-electron chi connectivity index (χ1n) is 12.7. The molecule has 2 aromatic carbocycles. The highest BCUT2D eigenvalue weighted by Gasteiger charge is 2.25. The molecule has 2 fully saturated rings. The van der Waals surface area contributed by atoms with Gasteiger partial charge in [-0.1, -0.05) is 30.3 Å². The standard InChI is InChI=1S/C28H39N3O2/c1-23(7-8-24-9-12-27(32)13-10-24)29-17-15-25(16-18-29)11-14-28(33)31-21-19-30(20-22-31)26-5-3-2-4-6-26/h2-6,9-10,12-13,23,25,32H,7-8,11,14-22H2,1H3/t23-/m0/s1. The van der Waals surface area contributed by atoms with Crippen LogP contribution in [0.1, 0.15) is 44.6 Å². The molecule has 4 rings (SSSR count). The lowest BCUT2D eigenvalue weighted by atomic mass is 9.90. The van der Waals surface area contributed by atoms with Gasteiger partial charge in [0.2, 0.25) is 5.91 Å². The monoisotopic (exact) mass is 449 g/mol. The minimum absolute atomic E-state index is 0.335. The number of para-hydroxylation sites is 1. The quantitative estimate of drug-likeness (QED) is 0.642. The molecular weight excluding hydrogens is 410 g/mol. The van der Waals surface area contributed by atoms with Crippen molar-refractivity contribution in [3.63, 3.8) is 0 Å². The fourth-order valence-corrected chi connectivity index (χ4v) is 5.24. The molecule has 2 aliphatic heterocycles. The number of phenols is 1. The maximum atomic E-state index is 12.8. The van der Waals surface area contributed by atoms with Gasteiger partial charge in [0.05, 0.1) is 0 Å². The van der Waals surface area contributed by atoms with Crippen molar-refractivity contribution >= 4 is 11.6 Å². The van der Waals surface area contributed by atoms with Crippen molar-refractivity contribution < 1.29 is 9.90 Å². The Morgan fingerprint density at radius 3 is 2.27 bits per heavy atom. The molecule has 2 heterocycles. The number of aryl methyl sites for hydroxylation is 1. The van der Waals surface area contributed by atoms with E-state index >= 15 is 0 Å². The van der Waals surface area contributed by atoms with Gasteiger partial charge < -0.3 is 19.8 Å². The third kappa shape index (κ3) is 6.73. The molecule has 0 bridgehead atoms. The van der Waals surface area contributed by atoms with Gasteiger partial charge in [-0.05, 0) is 87.9 Å². The van der Waals surface area contributed by atoms with Crippen LogP contribution in [0.2, 0.25) is 0 Å². The third-order valence-electron chi connectivity index (χ3n) is 7.58. The van der Waals surface area contributed by atoms with Crippen LogP contribution in [-0.2, 0) is 11.2 Å². The van der Waals surface area contributed by atoms with Gasteiger partial charge in [0.1, 0.15) is 5.75 Å². The molecule has 1 N–H and O–H groups in total. The van der Waals surface area contributed by atoms with Crippen LogP contribution in [0.4, 0.5) is 5.69 Å². The predicted molar refractivity (Wildman–Crippen MR) is 135 cm³/mol. The van der Waals surface area contributed by atoms with Gasteiger partial charge in [-0.3, -0.25) is 4.79 Å². The summed E-state index contributed by atoms with van der Waals surface area (Å²) in [4.78, 5) is 19.8. The zero-order valence-electron chi connectivity index (χ0n) is 20.0. The summed E-state index contributed by atoms with van der Waals surface area (Å²) >= 11 is 0. The minimum Gasteiger partial charge on any atom is -0.508 e. The van der Waals surface area contributed by atoms with E-state index in [4.69, 9.17) is 0 Å². The molecule has 33 heavy (non-hydrogen) atoms. The van der Waals surface area contributed by atoms with Gasteiger partial charge in [0, 0.05) is 44.3 Å². The van der Waals surface area contributed by atoms with Crippen molar-refractivity contribution in [3.05, 3.63) is 60.2 Å². The Hall–Kier alpha value is -2.53. The van der Waals surface area contributed by atoms with Crippen LogP contribution in [0.15, 0.2) is 54.6 Å². The maximum Gasteiger partial charge on any atom is 0.222 e. The number of piperazine rings is 1. The van der Waals surface area contributed by atoms with Crippen LogP contribution in [0.3, 0.4) is 0 Å². The Morgan fingerprint density at radius 1 is 0.939 bits per heavy atom. The number of phenolic OH excluding ortho intramolecular Hbond substituents is 1. The molecule has 0 saturated carbocycles. The average molecular weight is 450 g/mol. The molecule has 5 nitrogen and oxygen atoms in total. The summed E-state index contributed by atoms with van der Waals surface area (Å²) in [5, 5.41) is 9.43. The van der Waals surface area contributed by atoms with E-state index < -0.39 is 0 Å². The SMILES string of the molecule is C[C@@H](CCc1ccc(O)cc1)N1CCC(CCC(=O)N2CCN(c3ccccc3)CC2)CC1. The Bertz CT molecular complexity index is 854. The van der Waals surface area contributed by atoms with Crippen molar-refractivity contribution in [2.75, 3.05) is 44.2 Å². The number of carbonyl (C=O) groups excluding carboxylic acids is 1. The first-order valence-corrected chi connectivity index (χ1v) is 12.7. The molecule has 178 valence electrons. The van der Waals surface area contributed by atoms with Crippen molar-refractivity contribution in [1.29, 1.82) is 0 Å². The number of hydrogen-bond donors (Lipinski definition) is 1. The molecule has 5 heteroatoms. The molecule has 0 radical (unpaired) electrons. The van der Waals surface area contributed by atoms with Gasteiger partial charge >= 0.3 is 0 Å². The maximum absolute atomic E-state index is 12.8. The molecule has 2 aliphatic rings. The summed E-state index contributed by atoms with van der Waals surface area (Å²) < 4.78 is 0. The lowest BCUT2D eigenvalue weighted by Crippen LogP contribution is -2.48. The fraction of sp³-hybridized carbons (Fsp3) is 0.536. The summed E-state index contributed by atoms with van der Waals surface area (Å²) in [5.41, 5.74) is 2.55. The van der Waals surface area contributed by atoms with E-state index in [2.05, 4.69) is 45.9 Å². The smallest absolute Gasteiger partial charge is 0.222 e. The first kappa shape index (κ1) is 23.6. The number of benzene rings is 2. The molecule has 2 aromatic rings. The second-order valence-electron chi connectivity index (χ2n) is 9.78. The zero-order valence-corrected chi connectivity index (χ0v) is 20.0. The lowest BCUT2D eigenvalue weighted by molar-refractivity contribution is -0.131. The highest BCUT2D eigenvalue weighted by molar-refractivity contribution is 5.76. The largest absolute Gasteiger partial charge is 0.508 e. The number of hydrogen-bond acceptors (Lipinski definition) is 4. The highest BCUT2D eigenvalue weighted by atomic mass is 16.3. The number of aromatic hydroxyl groups is 1. The van der Waals surface area contributed by atoms with Crippen LogP contribution in [0, 0.1) is 5.92 Å². The average Bonchev–Trinajstić information content (AvgIpc) is 2.87. The number of anilines is 1. The molecular formula is C28H39N3O2. The summed E-state index contributed by atoms with van der Waals surface area (Å²) in [5.74, 6) is 1.36. The van der Waals surface area contributed by atoms with Crippen molar-refractivity contribution in [3.8, 4) is 5.75 Å². The normalized spacial score (nSPS) is 18.9. The van der Waals surface area contributed by atoms with E-state index in [0.717, 1.165) is 58.5 Å². The second kappa shape index (κ2) is 11.6. The number of amides is 1. The first-order chi connectivity index (χ1) is 16.1. The summed E-state index contributed by atoms with van der Waals surface area (Å²) in [6.07, 6.45) is 6.34. The molecule has 1 atom stereocenters. The van der Waals surface area contributed by atoms with E-state index in [9.17, 15) is 9.90 Å². The van der Waals surface area contributed by atoms with Crippen LogP contribution in [0.5, 0.6) is 5.75 Å². The lowest BCUT2D eigenvalue weighted by Gasteiger charge is -2.37. The second-order valence-corrected chi connectivity index (χ2v) is 9.78. The minimum atomic E-state index is 0.335. The van der Waals surface area contributed by atoms with Gasteiger partial charge in [-0.15, -0.1) is 0 Å². The van der Waals surface area contributed by atoms with Crippen molar-refractivity contribution in [2.24, 2.45) is 5.92 Å². The van der Waals surface area contributed by atoms with Crippen LogP contribution >= 0.6 is 0 Å². The van der Waals surface area contributed by atoms with Crippen LogP contribution in [0.25, 0.3) is 0 Å². The van der Waals surface area contributed by atoms with Crippen LogP contribution < -0.4 is 4.90 Å². The van der Waals surface area contributed by atoms with Crippen molar-refractivity contribution in [2.45, 2.75) is 51.5 Å². The van der Waals surface area contributed by atoms with E-state index in [1.807, 2.05) is 18.2 Å². The summed E-state index contributed by atoms with van der Waals surface area (Å²) in [6, 6.07) is 18.7. The number of carbonyl (C=O) groups is 1. The number of likely N-dealkylation sites (tertiary alicyclic amines) is 1. The molecule has 2 saturated heterocycles. The molecule has 0 aliphatic carbocycles. The Morgan fingerprint density at radius 2 is 1.61 bits per heavy atom. The van der Waals surface area contributed by atoms with E-state index in [0.29, 0.717) is 30.0 Å². The van der Waals surface area contributed by atoms with E-state index in [1.54, 1.807) is 12.1 Å². The van der Waals surface area contributed by atoms with Gasteiger partial charge in [-0.25, -0.2) is 0 Å².